The van der Waals surface area contributed by atoms with Gasteiger partial charge in [-0.1, -0.05) is 42.5 Å². The van der Waals surface area contributed by atoms with E-state index in [0.717, 1.165) is 16.3 Å². The molecule has 0 bridgehead atoms. The van der Waals surface area contributed by atoms with Crippen molar-refractivity contribution in [1.29, 1.82) is 0 Å². The zero-order valence-electron chi connectivity index (χ0n) is 17.5. The lowest BCUT2D eigenvalue weighted by Crippen LogP contribution is -2.41. The van der Waals surface area contributed by atoms with Crippen LogP contribution in [0.15, 0.2) is 71.6 Å². The van der Waals surface area contributed by atoms with Gasteiger partial charge in [0.15, 0.2) is 0 Å². The number of piperidine rings is 1. The van der Waals surface area contributed by atoms with Gasteiger partial charge in [0.25, 0.3) is 0 Å². The van der Waals surface area contributed by atoms with Crippen molar-refractivity contribution in [2.75, 3.05) is 18.4 Å². The standard InChI is InChI=1S/C24H25N3O4S/c25-23(28)15-17-5-8-21(9-6-17)26-24(29)19-11-13-27(14-12-19)32(30,31)22-10-7-18-3-1-2-4-20(18)16-22/h1-10,16,19H,11-15H2,(H2,25,28)(H,26,29). The Labute approximate surface area is 187 Å². The van der Waals surface area contributed by atoms with Gasteiger partial charge >= 0.3 is 0 Å². The predicted molar refractivity (Wildman–Crippen MR) is 123 cm³/mol. The van der Waals surface area contributed by atoms with E-state index < -0.39 is 15.9 Å². The molecule has 1 fully saturated rings. The summed E-state index contributed by atoms with van der Waals surface area (Å²) in [5, 5.41) is 4.74. The van der Waals surface area contributed by atoms with E-state index in [-0.39, 0.29) is 23.1 Å². The Hall–Kier alpha value is -3.23. The minimum Gasteiger partial charge on any atom is -0.369 e. The minimum atomic E-state index is -3.61. The highest BCUT2D eigenvalue weighted by atomic mass is 32.2. The summed E-state index contributed by atoms with van der Waals surface area (Å²) in [5.74, 6) is -0.800. The second-order valence-electron chi connectivity index (χ2n) is 8.02. The molecule has 3 aromatic carbocycles. The highest BCUT2D eigenvalue weighted by Gasteiger charge is 2.32. The first-order valence-electron chi connectivity index (χ1n) is 10.5. The van der Waals surface area contributed by atoms with Crippen LogP contribution in [-0.2, 0) is 26.0 Å². The van der Waals surface area contributed by atoms with Gasteiger partial charge < -0.3 is 11.1 Å². The van der Waals surface area contributed by atoms with E-state index in [9.17, 15) is 18.0 Å². The van der Waals surface area contributed by atoms with E-state index in [2.05, 4.69) is 5.32 Å². The molecular formula is C24H25N3O4S. The molecule has 4 rings (SSSR count). The lowest BCUT2D eigenvalue weighted by Gasteiger charge is -2.30. The van der Waals surface area contributed by atoms with Crippen LogP contribution in [0.1, 0.15) is 18.4 Å². The monoisotopic (exact) mass is 451 g/mol. The number of anilines is 1. The van der Waals surface area contributed by atoms with Crippen molar-refractivity contribution < 1.29 is 18.0 Å². The fourth-order valence-electron chi connectivity index (χ4n) is 3.99. The molecule has 0 aliphatic carbocycles. The maximum Gasteiger partial charge on any atom is 0.243 e. The number of hydrogen-bond donors (Lipinski definition) is 2. The van der Waals surface area contributed by atoms with Crippen molar-refractivity contribution in [3.8, 4) is 0 Å². The van der Waals surface area contributed by atoms with Gasteiger partial charge in [0, 0.05) is 24.7 Å². The number of benzene rings is 3. The largest absolute Gasteiger partial charge is 0.369 e. The summed E-state index contributed by atoms with van der Waals surface area (Å²) in [4.78, 5) is 23.9. The topological polar surface area (TPSA) is 110 Å². The van der Waals surface area contributed by atoms with Gasteiger partial charge in [0.1, 0.15) is 0 Å². The van der Waals surface area contributed by atoms with Gasteiger partial charge in [-0.25, -0.2) is 8.42 Å². The molecule has 3 aromatic rings. The van der Waals surface area contributed by atoms with Crippen LogP contribution in [0.2, 0.25) is 0 Å². The predicted octanol–water partition coefficient (Wildman–Crippen LogP) is 2.91. The van der Waals surface area contributed by atoms with Crippen LogP contribution in [0, 0.1) is 5.92 Å². The number of hydrogen-bond acceptors (Lipinski definition) is 4. The third kappa shape index (κ3) is 4.81. The summed E-state index contributed by atoms with van der Waals surface area (Å²) in [5.41, 5.74) is 6.60. The molecule has 1 saturated heterocycles. The molecule has 8 heteroatoms. The van der Waals surface area contributed by atoms with Gasteiger partial charge in [-0.2, -0.15) is 4.31 Å². The Morgan fingerprint density at radius 3 is 2.25 bits per heavy atom. The lowest BCUT2D eigenvalue weighted by atomic mass is 9.97. The number of nitrogens with zero attached hydrogens (tertiary/aromatic N) is 1. The molecule has 0 radical (unpaired) electrons. The average molecular weight is 452 g/mol. The number of nitrogens with two attached hydrogens (primary N) is 1. The SMILES string of the molecule is NC(=O)Cc1ccc(NC(=O)C2CCN(S(=O)(=O)c3ccc4ccccc4c3)CC2)cc1. The number of nitrogens with one attached hydrogen (secondary N) is 1. The summed E-state index contributed by atoms with van der Waals surface area (Å²) >= 11 is 0. The molecule has 0 unspecified atom stereocenters. The third-order valence-electron chi connectivity index (χ3n) is 5.78. The summed E-state index contributed by atoms with van der Waals surface area (Å²) in [6, 6.07) is 19.8. The van der Waals surface area contributed by atoms with Crippen LogP contribution in [0.25, 0.3) is 10.8 Å². The van der Waals surface area contributed by atoms with E-state index in [1.807, 2.05) is 30.3 Å². The number of carbonyl (C=O) groups is 2. The smallest absolute Gasteiger partial charge is 0.243 e. The number of carbonyl (C=O) groups excluding carboxylic acids is 2. The highest BCUT2D eigenvalue weighted by molar-refractivity contribution is 7.89. The molecule has 1 aliphatic rings. The summed E-state index contributed by atoms with van der Waals surface area (Å²) < 4.78 is 27.7. The highest BCUT2D eigenvalue weighted by Crippen LogP contribution is 2.27. The van der Waals surface area contributed by atoms with Gasteiger partial charge in [-0.05, 0) is 53.4 Å². The Morgan fingerprint density at radius 2 is 1.59 bits per heavy atom. The first-order valence-corrected chi connectivity index (χ1v) is 11.9. The van der Waals surface area contributed by atoms with Crippen LogP contribution in [0.3, 0.4) is 0 Å². The molecular weight excluding hydrogens is 426 g/mol. The molecule has 0 saturated carbocycles. The first kappa shape index (κ1) is 22.0. The number of rotatable bonds is 6. The van der Waals surface area contributed by atoms with E-state index in [4.69, 9.17) is 5.73 Å². The normalized spacial score (nSPS) is 15.5. The first-order chi connectivity index (χ1) is 15.3. The van der Waals surface area contributed by atoms with Crippen molar-refractivity contribution in [3.63, 3.8) is 0 Å². The van der Waals surface area contributed by atoms with Crippen LogP contribution in [0.4, 0.5) is 5.69 Å². The molecule has 2 amide bonds. The average Bonchev–Trinajstić information content (AvgIpc) is 2.79. The quantitative estimate of drug-likeness (QED) is 0.600. The minimum absolute atomic E-state index is 0.129. The van der Waals surface area contributed by atoms with Crippen molar-refractivity contribution in [2.45, 2.75) is 24.2 Å². The maximum atomic E-state index is 13.1. The van der Waals surface area contributed by atoms with E-state index in [1.54, 1.807) is 36.4 Å². The van der Waals surface area contributed by atoms with Gasteiger partial charge in [0.2, 0.25) is 21.8 Å². The Morgan fingerprint density at radius 1 is 0.938 bits per heavy atom. The number of primary amides is 1. The second kappa shape index (κ2) is 9.10. The van der Waals surface area contributed by atoms with Crippen molar-refractivity contribution in [2.24, 2.45) is 11.7 Å². The Kier molecular flexibility index (Phi) is 6.25. The van der Waals surface area contributed by atoms with Crippen molar-refractivity contribution >= 4 is 38.3 Å². The fraction of sp³-hybridized carbons (Fsp3) is 0.250. The fourth-order valence-corrected chi connectivity index (χ4v) is 5.49. The van der Waals surface area contributed by atoms with Gasteiger partial charge in [-0.3, -0.25) is 9.59 Å². The van der Waals surface area contributed by atoms with Crippen molar-refractivity contribution in [3.05, 3.63) is 72.3 Å². The van der Waals surface area contributed by atoms with Crippen LogP contribution in [-0.4, -0.2) is 37.6 Å². The van der Waals surface area contributed by atoms with Crippen molar-refractivity contribution in [1.82, 2.24) is 4.31 Å². The number of fused-ring (bicyclic) bond motifs is 1. The molecule has 7 nitrogen and oxygen atoms in total. The molecule has 1 aliphatic heterocycles. The zero-order chi connectivity index (χ0) is 22.7. The Bertz CT molecular complexity index is 1250. The molecule has 0 spiro atoms. The second-order valence-corrected chi connectivity index (χ2v) is 9.95. The summed E-state index contributed by atoms with van der Waals surface area (Å²) in [7, 11) is -3.61. The van der Waals surface area contributed by atoms with Crippen LogP contribution in [0.5, 0.6) is 0 Å². The molecule has 32 heavy (non-hydrogen) atoms. The molecule has 3 N–H and O–H groups in total. The van der Waals surface area contributed by atoms with E-state index in [0.29, 0.717) is 31.6 Å². The van der Waals surface area contributed by atoms with E-state index in [1.165, 1.54) is 4.31 Å². The van der Waals surface area contributed by atoms with Crippen LogP contribution < -0.4 is 11.1 Å². The number of sulfonamides is 1. The Balaban J connectivity index is 1.37. The van der Waals surface area contributed by atoms with Gasteiger partial charge in [-0.15, -0.1) is 0 Å². The van der Waals surface area contributed by atoms with Gasteiger partial charge in [0.05, 0.1) is 11.3 Å². The van der Waals surface area contributed by atoms with E-state index >= 15 is 0 Å². The van der Waals surface area contributed by atoms with Crippen LogP contribution >= 0.6 is 0 Å². The maximum absolute atomic E-state index is 13.1. The molecule has 0 atom stereocenters. The third-order valence-corrected chi connectivity index (χ3v) is 7.68. The molecule has 1 heterocycles. The molecule has 0 aromatic heterocycles. The molecule has 166 valence electrons. The number of amides is 2. The lowest BCUT2D eigenvalue weighted by molar-refractivity contribution is -0.121. The summed E-state index contributed by atoms with van der Waals surface area (Å²) in [6.07, 6.45) is 1.06. The summed E-state index contributed by atoms with van der Waals surface area (Å²) in [6.45, 7) is 0.593. The zero-order valence-corrected chi connectivity index (χ0v) is 18.3.